The van der Waals surface area contributed by atoms with Crippen molar-refractivity contribution in [3.63, 3.8) is 0 Å². The van der Waals surface area contributed by atoms with Crippen LogP contribution in [0.4, 0.5) is 4.79 Å². The molecular weight excluding hydrogens is 260 g/mol. The van der Waals surface area contributed by atoms with Crippen molar-refractivity contribution in [1.29, 1.82) is 0 Å². The SMILES string of the molecule is C#CCC(NC(=O)NCCOc1ccccc1)C(=O)O. The zero-order chi connectivity index (χ0) is 14.8. The van der Waals surface area contributed by atoms with Gasteiger partial charge in [-0.1, -0.05) is 18.2 Å². The molecule has 0 saturated carbocycles. The highest BCUT2D eigenvalue weighted by atomic mass is 16.5. The topological polar surface area (TPSA) is 87.7 Å². The molecule has 3 N–H and O–H groups in total. The number of aliphatic carboxylic acids is 1. The van der Waals surface area contributed by atoms with Gasteiger partial charge in [0.05, 0.1) is 6.54 Å². The summed E-state index contributed by atoms with van der Waals surface area (Å²) in [5.41, 5.74) is 0. The average Bonchev–Trinajstić information content (AvgIpc) is 2.44. The smallest absolute Gasteiger partial charge is 0.327 e. The molecule has 0 aliphatic heterocycles. The van der Waals surface area contributed by atoms with E-state index in [9.17, 15) is 9.59 Å². The highest BCUT2D eigenvalue weighted by Gasteiger charge is 2.18. The number of carboxylic acid groups (broad SMARTS) is 1. The van der Waals surface area contributed by atoms with Crippen molar-refractivity contribution in [2.45, 2.75) is 12.5 Å². The third-order valence-corrected chi connectivity index (χ3v) is 2.32. The Hall–Kier alpha value is -2.68. The van der Waals surface area contributed by atoms with Gasteiger partial charge in [-0.3, -0.25) is 0 Å². The maximum absolute atomic E-state index is 11.4. The first kappa shape index (κ1) is 15.4. The van der Waals surface area contributed by atoms with Gasteiger partial charge in [0.1, 0.15) is 18.4 Å². The lowest BCUT2D eigenvalue weighted by molar-refractivity contribution is -0.139. The second-order valence-corrected chi connectivity index (χ2v) is 3.86. The molecule has 0 aliphatic carbocycles. The molecule has 0 fully saturated rings. The number of urea groups is 1. The number of amides is 2. The van der Waals surface area contributed by atoms with Crippen LogP contribution in [0.2, 0.25) is 0 Å². The average molecular weight is 276 g/mol. The van der Waals surface area contributed by atoms with Crippen LogP contribution in [0, 0.1) is 12.3 Å². The Morgan fingerprint density at radius 1 is 1.35 bits per heavy atom. The van der Waals surface area contributed by atoms with E-state index in [4.69, 9.17) is 16.3 Å². The molecule has 0 spiro atoms. The van der Waals surface area contributed by atoms with Crippen molar-refractivity contribution in [2.75, 3.05) is 13.2 Å². The molecule has 106 valence electrons. The monoisotopic (exact) mass is 276 g/mol. The molecular formula is C14H16N2O4. The lowest BCUT2D eigenvalue weighted by Gasteiger charge is -2.13. The number of benzene rings is 1. The fraction of sp³-hybridized carbons (Fsp3) is 0.286. The number of terminal acetylenes is 1. The van der Waals surface area contributed by atoms with Gasteiger partial charge in [-0.25, -0.2) is 9.59 Å². The number of hydrogen-bond donors (Lipinski definition) is 3. The first-order chi connectivity index (χ1) is 9.63. The van der Waals surface area contributed by atoms with Crippen LogP contribution in [0.5, 0.6) is 5.75 Å². The molecule has 0 bridgehead atoms. The second kappa shape index (κ2) is 8.43. The normalized spacial score (nSPS) is 10.9. The van der Waals surface area contributed by atoms with E-state index in [1.165, 1.54) is 0 Å². The van der Waals surface area contributed by atoms with Crippen molar-refractivity contribution in [1.82, 2.24) is 10.6 Å². The summed E-state index contributed by atoms with van der Waals surface area (Å²) in [4.78, 5) is 22.2. The minimum Gasteiger partial charge on any atom is -0.492 e. The maximum atomic E-state index is 11.4. The Bertz CT molecular complexity index is 482. The van der Waals surface area contributed by atoms with Crippen LogP contribution in [0.25, 0.3) is 0 Å². The lowest BCUT2D eigenvalue weighted by atomic mass is 10.2. The summed E-state index contributed by atoms with van der Waals surface area (Å²) in [5, 5.41) is 13.6. The fourth-order valence-electron chi connectivity index (χ4n) is 1.38. The molecule has 1 aromatic rings. The van der Waals surface area contributed by atoms with Gasteiger partial charge in [0, 0.05) is 6.42 Å². The van der Waals surface area contributed by atoms with Crippen molar-refractivity contribution in [2.24, 2.45) is 0 Å². The second-order valence-electron chi connectivity index (χ2n) is 3.86. The van der Waals surface area contributed by atoms with Gasteiger partial charge in [-0.15, -0.1) is 12.3 Å². The number of carboxylic acids is 1. The van der Waals surface area contributed by atoms with Gasteiger partial charge in [0.15, 0.2) is 0 Å². The minimum absolute atomic E-state index is 0.0662. The lowest BCUT2D eigenvalue weighted by Crippen LogP contribution is -2.46. The number of para-hydroxylation sites is 1. The van der Waals surface area contributed by atoms with E-state index in [1.54, 1.807) is 12.1 Å². The number of carbonyl (C=O) groups is 2. The van der Waals surface area contributed by atoms with E-state index >= 15 is 0 Å². The summed E-state index contributed by atoms with van der Waals surface area (Å²) >= 11 is 0. The first-order valence-corrected chi connectivity index (χ1v) is 6.02. The first-order valence-electron chi connectivity index (χ1n) is 6.02. The largest absolute Gasteiger partial charge is 0.492 e. The van der Waals surface area contributed by atoms with E-state index in [0.717, 1.165) is 0 Å². The highest BCUT2D eigenvalue weighted by molar-refractivity contribution is 5.82. The number of nitrogens with one attached hydrogen (secondary N) is 2. The van der Waals surface area contributed by atoms with E-state index in [2.05, 4.69) is 16.6 Å². The molecule has 20 heavy (non-hydrogen) atoms. The summed E-state index contributed by atoms with van der Waals surface area (Å²) in [6.07, 6.45) is 4.96. The van der Waals surface area contributed by atoms with Gasteiger partial charge >= 0.3 is 12.0 Å². The molecule has 6 heteroatoms. The van der Waals surface area contributed by atoms with Gasteiger partial charge in [-0.05, 0) is 12.1 Å². The third-order valence-electron chi connectivity index (χ3n) is 2.32. The summed E-state index contributed by atoms with van der Waals surface area (Å²) in [6, 6.07) is 7.47. The van der Waals surface area contributed by atoms with Crippen LogP contribution in [0.3, 0.4) is 0 Å². The number of ether oxygens (including phenoxy) is 1. The quantitative estimate of drug-likeness (QED) is 0.509. The Balaban J connectivity index is 2.23. The molecule has 0 saturated heterocycles. The van der Waals surface area contributed by atoms with Crippen LogP contribution < -0.4 is 15.4 Å². The standard InChI is InChI=1S/C14H16N2O4/c1-2-6-12(13(17)18)16-14(19)15-9-10-20-11-7-4-3-5-8-11/h1,3-5,7-8,12H,6,9-10H2,(H,17,18)(H2,15,16,19). The Kier molecular flexibility index (Phi) is 6.48. The summed E-state index contributed by atoms with van der Waals surface area (Å²) in [7, 11) is 0. The number of carbonyl (C=O) groups excluding carboxylic acids is 1. The van der Waals surface area contributed by atoms with Crippen molar-refractivity contribution in [3.05, 3.63) is 30.3 Å². The van der Waals surface area contributed by atoms with Crippen LogP contribution in [0.1, 0.15) is 6.42 Å². The molecule has 1 rings (SSSR count). The molecule has 1 atom stereocenters. The molecule has 6 nitrogen and oxygen atoms in total. The van der Waals surface area contributed by atoms with E-state index in [1.807, 2.05) is 18.2 Å². The van der Waals surface area contributed by atoms with Crippen molar-refractivity contribution in [3.8, 4) is 18.1 Å². The van der Waals surface area contributed by atoms with Crippen LogP contribution >= 0.6 is 0 Å². The van der Waals surface area contributed by atoms with E-state index in [0.29, 0.717) is 5.75 Å². The molecule has 2 amide bonds. The molecule has 0 radical (unpaired) electrons. The Labute approximate surface area is 117 Å². The van der Waals surface area contributed by atoms with E-state index < -0.39 is 18.0 Å². The van der Waals surface area contributed by atoms with E-state index in [-0.39, 0.29) is 19.6 Å². The number of rotatable bonds is 7. The van der Waals surface area contributed by atoms with Crippen LogP contribution in [-0.2, 0) is 4.79 Å². The predicted octanol–water partition coefficient (Wildman–Crippen LogP) is 0.841. The van der Waals surface area contributed by atoms with Gasteiger partial charge in [-0.2, -0.15) is 0 Å². The highest BCUT2D eigenvalue weighted by Crippen LogP contribution is 2.07. The van der Waals surface area contributed by atoms with Gasteiger partial charge in [0.2, 0.25) is 0 Å². The maximum Gasteiger partial charge on any atom is 0.327 e. The minimum atomic E-state index is -1.17. The fourth-order valence-corrected chi connectivity index (χ4v) is 1.38. The van der Waals surface area contributed by atoms with Gasteiger partial charge < -0.3 is 20.5 Å². The zero-order valence-corrected chi connectivity index (χ0v) is 10.8. The molecule has 0 heterocycles. The zero-order valence-electron chi connectivity index (χ0n) is 10.8. The van der Waals surface area contributed by atoms with Crippen LogP contribution in [-0.4, -0.2) is 36.3 Å². The summed E-state index contributed by atoms with van der Waals surface area (Å²) < 4.78 is 5.37. The van der Waals surface area contributed by atoms with Gasteiger partial charge in [0.25, 0.3) is 0 Å². The van der Waals surface area contributed by atoms with Crippen LogP contribution in [0.15, 0.2) is 30.3 Å². The van der Waals surface area contributed by atoms with Crippen molar-refractivity contribution < 1.29 is 19.4 Å². The number of hydrogen-bond acceptors (Lipinski definition) is 3. The Morgan fingerprint density at radius 2 is 2.05 bits per heavy atom. The molecule has 0 aromatic heterocycles. The summed E-state index contributed by atoms with van der Waals surface area (Å²) in [6.45, 7) is 0.535. The molecule has 1 aromatic carbocycles. The predicted molar refractivity (Wildman–Crippen MR) is 73.3 cm³/mol. The third kappa shape index (κ3) is 5.78. The Morgan fingerprint density at radius 3 is 2.65 bits per heavy atom. The van der Waals surface area contributed by atoms with Crippen molar-refractivity contribution >= 4 is 12.0 Å². The molecule has 0 aliphatic rings. The summed E-state index contributed by atoms with van der Waals surface area (Å²) in [5.74, 6) is 1.73. The molecule has 1 unspecified atom stereocenters.